The molecule has 4 nitrogen and oxygen atoms in total. The zero-order valence-corrected chi connectivity index (χ0v) is 9.40. The average molecular weight is 206 g/mol. The second-order valence-corrected chi connectivity index (χ2v) is 4.14. The van der Waals surface area contributed by atoms with Crippen molar-refractivity contribution in [1.82, 2.24) is 15.3 Å². The van der Waals surface area contributed by atoms with E-state index in [1.165, 1.54) is 12.8 Å². The van der Waals surface area contributed by atoms with Crippen LogP contribution in [0.5, 0.6) is 0 Å². The highest BCUT2D eigenvalue weighted by atomic mass is 15.2. The Kier molecular flexibility index (Phi) is 3.16. The summed E-state index contributed by atoms with van der Waals surface area (Å²) in [5, 5.41) is 3.49. The van der Waals surface area contributed by atoms with E-state index in [1.54, 1.807) is 0 Å². The van der Waals surface area contributed by atoms with Crippen molar-refractivity contribution >= 4 is 5.82 Å². The van der Waals surface area contributed by atoms with Gasteiger partial charge in [0.1, 0.15) is 11.6 Å². The molecule has 1 atom stereocenters. The van der Waals surface area contributed by atoms with E-state index in [4.69, 9.17) is 0 Å². The number of anilines is 1. The number of aromatic nitrogens is 2. The van der Waals surface area contributed by atoms with Crippen LogP contribution in [0.15, 0.2) is 12.3 Å². The highest BCUT2D eigenvalue weighted by Crippen LogP contribution is 2.11. The number of likely N-dealkylation sites (N-methyl/N-ethyl adjacent to an activating group) is 1. The first-order valence-corrected chi connectivity index (χ1v) is 5.50. The van der Waals surface area contributed by atoms with Crippen molar-refractivity contribution < 1.29 is 0 Å². The van der Waals surface area contributed by atoms with Gasteiger partial charge in [-0.2, -0.15) is 0 Å². The predicted octanol–water partition coefficient (Wildman–Crippen LogP) is 0.973. The fourth-order valence-corrected chi connectivity index (χ4v) is 1.99. The second kappa shape index (κ2) is 4.57. The van der Waals surface area contributed by atoms with Crippen LogP contribution in [-0.4, -0.2) is 36.1 Å². The Hall–Kier alpha value is -1.16. The zero-order valence-electron chi connectivity index (χ0n) is 9.40. The molecule has 4 heteroatoms. The minimum Gasteiger partial charge on any atom is -0.358 e. The number of nitrogens with zero attached hydrogens (tertiary/aromatic N) is 3. The molecule has 1 fully saturated rings. The fourth-order valence-electron chi connectivity index (χ4n) is 1.99. The molecule has 0 saturated carbocycles. The molecule has 0 bridgehead atoms. The molecular weight excluding hydrogens is 188 g/mol. The van der Waals surface area contributed by atoms with Gasteiger partial charge >= 0.3 is 0 Å². The summed E-state index contributed by atoms with van der Waals surface area (Å²) in [5.74, 6) is 1.84. The Balaban J connectivity index is 1.97. The van der Waals surface area contributed by atoms with Crippen LogP contribution in [0, 0.1) is 6.92 Å². The number of hydrogen-bond acceptors (Lipinski definition) is 4. The molecule has 1 aliphatic heterocycles. The Bertz CT molecular complexity index is 320. The third-order valence-corrected chi connectivity index (χ3v) is 2.81. The fraction of sp³-hybridized carbons (Fsp3) is 0.636. The first-order chi connectivity index (χ1) is 7.25. The van der Waals surface area contributed by atoms with Crippen molar-refractivity contribution in [2.24, 2.45) is 0 Å². The van der Waals surface area contributed by atoms with Gasteiger partial charge in [-0.15, -0.1) is 0 Å². The van der Waals surface area contributed by atoms with E-state index in [2.05, 4.69) is 27.2 Å². The van der Waals surface area contributed by atoms with Gasteiger partial charge in [0, 0.05) is 25.8 Å². The van der Waals surface area contributed by atoms with Gasteiger partial charge in [0.05, 0.1) is 0 Å². The molecule has 15 heavy (non-hydrogen) atoms. The normalized spacial score (nSPS) is 20.5. The molecule has 2 rings (SSSR count). The first-order valence-electron chi connectivity index (χ1n) is 5.50. The minimum atomic E-state index is 0.616. The smallest absolute Gasteiger partial charge is 0.132 e. The summed E-state index contributed by atoms with van der Waals surface area (Å²) in [6.07, 6.45) is 4.38. The molecule has 1 unspecified atom stereocenters. The van der Waals surface area contributed by atoms with Gasteiger partial charge in [0.2, 0.25) is 0 Å². The van der Waals surface area contributed by atoms with Crippen LogP contribution in [0.3, 0.4) is 0 Å². The monoisotopic (exact) mass is 206 g/mol. The summed E-state index contributed by atoms with van der Waals surface area (Å²) < 4.78 is 0. The number of rotatable bonds is 3. The molecule has 0 spiro atoms. The van der Waals surface area contributed by atoms with E-state index < -0.39 is 0 Å². The standard InChI is InChI=1S/C11H18N4/c1-9-12-7-5-11(14-9)15(2)8-10-4-3-6-13-10/h5,7,10,13H,3-4,6,8H2,1-2H3. The number of hydrogen-bond donors (Lipinski definition) is 1. The number of nitrogens with one attached hydrogen (secondary N) is 1. The summed E-state index contributed by atoms with van der Waals surface area (Å²) >= 11 is 0. The third-order valence-electron chi connectivity index (χ3n) is 2.81. The van der Waals surface area contributed by atoms with Gasteiger partial charge in [-0.25, -0.2) is 9.97 Å². The van der Waals surface area contributed by atoms with Crippen LogP contribution in [0.1, 0.15) is 18.7 Å². The summed E-state index contributed by atoms with van der Waals surface area (Å²) in [7, 11) is 2.09. The van der Waals surface area contributed by atoms with Crippen molar-refractivity contribution in [2.75, 3.05) is 25.0 Å². The van der Waals surface area contributed by atoms with Crippen LogP contribution in [0.4, 0.5) is 5.82 Å². The van der Waals surface area contributed by atoms with Crippen molar-refractivity contribution in [3.05, 3.63) is 18.1 Å². The quantitative estimate of drug-likeness (QED) is 0.800. The lowest BCUT2D eigenvalue weighted by atomic mass is 10.2. The van der Waals surface area contributed by atoms with Crippen molar-refractivity contribution in [1.29, 1.82) is 0 Å². The summed E-state index contributed by atoms with van der Waals surface area (Å²) in [6.45, 7) is 4.10. The Labute approximate surface area is 90.7 Å². The molecule has 2 heterocycles. The molecule has 1 aromatic rings. The van der Waals surface area contributed by atoms with Gasteiger partial charge in [0.25, 0.3) is 0 Å². The number of aryl methyl sites for hydroxylation is 1. The molecule has 1 aromatic heterocycles. The molecule has 82 valence electrons. The lowest BCUT2D eigenvalue weighted by molar-refractivity contribution is 0.597. The highest BCUT2D eigenvalue weighted by molar-refractivity contribution is 5.36. The highest BCUT2D eigenvalue weighted by Gasteiger charge is 2.16. The van der Waals surface area contributed by atoms with Crippen molar-refractivity contribution in [3.8, 4) is 0 Å². The van der Waals surface area contributed by atoms with Crippen LogP contribution in [-0.2, 0) is 0 Å². The SMILES string of the molecule is Cc1nccc(N(C)CC2CCCN2)n1. The van der Waals surface area contributed by atoms with Crippen molar-refractivity contribution in [3.63, 3.8) is 0 Å². The van der Waals surface area contributed by atoms with Gasteiger partial charge in [-0.3, -0.25) is 0 Å². The summed E-state index contributed by atoms with van der Waals surface area (Å²) in [4.78, 5) is 10.7. The summed E-state index contributed by atoms with van der Waals surface area (Å²) in [6, 6.07) is 2.58. The van der Waals surface area contributed by atoms with E-state index in [0.29, 0.717) is 6.04 Å². The molecule has 1 saturated heterocycles. The van der Waals surface area contributed by atoms with E-state index in [-0.39, 0.29) is 0 Å². The maximum absolute atomic E-state index is 4.40. The van der Waals surface area contributed by atoms with Crippen LogP contribution in [0.25, 0.3) is 0 Å². The van der Waals surface area contributed by atoms with Gasteiger partial charge in [0.15, 0.2) is 0 Å². The maximum atomic E-state index is 4.40. The van der Waals surface area contributed by atoms with Gasteiger partial charge in [-0.05, 0) is 32.4 Å². The van der Waals surface area contributed by atoms with Gasteiger partial charge < -0.3 is 10.2 Å². The maximum Gasteiger partial charge on any atom is 0.132 e. The summed E-state index contributed by atoms with van der Waals surface area (Å²) in [5.41, 5.74) is 0. The molecular formula is C11H18N4. The Morgan fingerprint density at radius 2 is 2.47 bits per heavy atom. The third kappa shape index (κ3) is 2.65. The lowest BCUT2D eigenvalue weighted by Crippen LogP contribution is -2.35. The second-order valence-electron chi connectivity index (χ2n) is 4.14. The van der Waals surface area contributed by atoms with Crippen LogP contribution < -0.4 is 10.2 Å². The van der Waals surface area contributed by atoms with Crippen LogP contribution >= 0.6 is 0 Å². The molecule has 0 aliphatic carbocycles. The van der Waals surface area contributed by atoms with E-state index in [1.807, 2.05) is 19.2 Å². The molecule has 1 aliphatic rings. The largest absolute Gasteiger partial charge is 0.358 e. The average Bonchev–Trinajstić information content (AvgIpc) is 2.70. The molecule has 0 amide bonds. The van der Waals surface area contributed by atoms with Crippen molar-refractivity contribution in [2.45, 2.75) is 25.8 Å². The Morgan fingerprint density at radius 3 is 3.13 bits per heavy atom. The predicted molar refractivity (Wildman–Crippen MR) is 61.1 cm³/mol. The minimum absolute atomic E-state index is 0.616. The Morgan fingerprint density at radius 1 is 1.60 bits per heavy atom. The van der Waals surface area contributed by atoms with Gasteiger partial charge in [-0.1, -0.05) is 0 Å². The topological polar surface area (TPSA) is 41.1 Å². The van der Waals surface area contributed by atoms with E-state index in [9.17, 15) is 0 Å². The van der Waals surface area contributed by atoms with E-state index in [0.717, 1.165) is 24.7 Å². The first kappa shape index (κ1) is 10.4. The van der Waals surface area contributed by atoms with Crippen LogP contribution in [0.2, 0.25) is 0 Å². The van der Waals surface area contributed by atoms with E-state index >= 15 is 0 Å². The molecule has 0 radical (unpaired) electrons. The lowest BCUT2D eigenvalue weighted by Gasteiger charge is -2.22. The molecule has 0 aromatic carbocycles. The molecule has 1 N–H and O–H groups in total. The zero-order chi connectivity index (χ0) is 10.7.